The Hall–Kier alpha value is -3.45. The zero-order chi connectivity index (χ0) is 20.1. The minimum atomic E-state index is -0.286. The van der Waals surface area contributed by atoms with Crippen LogP contribution < -0.4 is 14.8 Å². The Bertz CT molecular complexity index is 1070. The van der Waals surface area contributed by atoms with Crippen molar-refractivity contribution in [2.45, 2.75) is 18.4 Å². The van der Waals surface area contributed by atoms with Gasteiger partial charge in [-0.1, -0.05) is 29.8 Å². The molecule has 0 aliphatic carbocycles. The normalized spacial score (nSPS) is 10.7. The summed E-state index contributed by atoms with van der Waals surface area (Å²) in [5.74, 6) is 1.46. The van der Waals surface area contributed by atoms with Crippen molar-refractivity contribution in [2.75, 3.05) is 5.32 Å². The molecule has 0 saturated carbocycles. The van der Waals surface area contributed by atoms with E-state index in [-0.39, 0.29) is 6.03 Å². The van der Waals surface area contributed by atoms with Gasteiger partial charge in [0.15, 0.2) is 0 Å². The van der Waals surface area contributed by atoms with Crippen LogP contribution in [0.1, 0.15) is 11.4 Å². The van der Waals surface area contributed by atoms with E-state index in [4.69, 9.17) is 4.74 Å². The van der Waals surface area contributed by atoms with Crippen LogP contribution in [0, 0.1) is 6.92 Å². The average Bonchev–Trinajstić information content (AvgIpc) is 3.16. The number of aromatic nitrogens is 2. The Balaban J connectivity index is 1.27. The Labute approximate surface area is 172 Å². The second-order valence-electron chi connectivity index (χ2n) is 6.48. The molecule has 6 nitrogen and oxygen atoms in total. The van der Waals surface area contributed by atoms with E-state index < -0.39 is 0 Å². The summed E-state index contributed by atoms with van der Waals surface area (Å²) in [4.78, 5) is 20.7. The highest BCUT2D eigenvalue weighted by atomic mass is 32.2. The first-order valence-corrected chi connectivity index (χ1v) is 9.94. The quantitative estimate of drug-likeness (QED) is 0.382. The number of urea groups is 1. The predicted octanol–water partition coefficient (Wildman–Crippen LogP) is 5.28. The van der Waals surface area contributed by atoms with Crippen molar-refractivity contribution in [3.8, 4) is 5.75 Å². The fraction of sp³-hybridized carbons (Fsp3) is 0.0909. The Kier molecular flexibility index (Phi) is 5.67. The average molecular weight is 404 g/mol. The molecule has 0 aliphatic rings. The summed E-state index contributed by atoms with van der Waals surface area (Å²) in [6.07, 6.45) is 0. The maximum Gasteiger partial charge on any atom is 0.329 e. The highest BCUT2D eigenvalue weighted by Gasteiger charge is 2.05. The van der Waals surface area contributed by atoms with Gasteiger partial charge in [-0.25, -0.2) is 9.78 Å². The van der Waals surface area contributed by atoms with Gasteiger partial charge in [0, 0.05) is 10.6 Å². The number of hydrogen-bond donors (Lipinski definition) is 3. The first kappa shape index (κ1) is 18.9. The zero-order valence-corrected chi connectivity index (χ0v) is 16.6. The lowest BCUT2D eigenvalue weighted by molar-refractivity contribution is 0.257. The van der Waals surface area contributed by atoms with Crippen molar-refractivity contribution >= 4 is 34.7 Å². The number of carbonyl (C=O) groups is 1. The van der Waals surface area contributed by atoms with Crippen LogP contribution in [0.15, 0.2) is 77.7 Å². The van der Waals surface area contributed by atoms with E-state index in [1.165, 1.54) is 17.5 Å². The minimum absolute atomic E-state index is 0.286. The summed E-state index contributed by atoms with van der Waals surface area (Å²) in [6, 6.07) is 22.7. The molecule has 7 heteroatoms. The molecule has 3 N–H and O–H groups in total. The molecule has 0 radical (unpaired) electrons. The topological polar surface area (TPSA) is 79.0 Å². The predicted molar refractivity (Wildman–Crippen MR) is 116 cm³/mol. The van der Waals surface area contributed by atoms with E-state index >= 15 is 0 Å². The van der Waals surface area contributed by atoms with Crippen LogP contribution in [-0.4, -0.2) is 16.0 Å². The number of nitrogens with one attached hydrogen (secondary N) is 3. The second-order valence-corrected chi connectivity index (χ2v) is 7.36. The van der Waals surface area contributed by atoms with Crippen LogP contribution >= 0.6 is 11.9 Å². The van der Waals surface area contributed by atoms with E-state index in [0.717, 1.165) is 21.8 Å². The molecule has 0 fully saturated rings. The van der Waals surface area contributed by atoms with E-state index in [1.807, 2.05) is 67.6 Å². The molecule has 29 heavy (non-hydrogen) atoms. The van der Waals surface area contributed by atoms with Crippen LogP contribution in [0.2, 0.25) is 0 Å². The van der Waals surface area contributed by atoms with Gasteiger partial charge in [-0.15, -0.1) is 0 Å². The lowest BCUT2D eigenvalue weighted by atomic mass is 10.2. The molecule has 1 aromatic heterocycles. The minimum Gasteiger partial charge on any atom is -0.486 e. The number of fused-ring (bicyclic) bond motifs is 1. The molecule has 0 spiro atoms. The van der Waals surface area contributed by atoms with Crippen molar-refractivity contribution in [3.63, 3.8) is 0 Å². The Morgan fingerprint density at radius 3 is 2.55 bits per heavy atom. The van der Waals surface area contributed by atoms with E-state index in [1.54, 1.807) is 12.1 Å². The molecule has 1 heterocycles. The summed E-state index contributed by atoms with van der Waals surface area (Å²) in [6.45, 7) is 2.37. The van der Waals surface area contributed by atoms with E-state index in [9.17, 15) is 4.79 Å². The van der Waals surface area contributed by atoms with Crippen molar-refractivity contribution < 1.29 is 9.53 Å². The maximum absolute atomic E-state index is 12.0. The van der Waals surface area contributed by atoms with Crippen molar-refractivity contribution in [1.29, 1.82) is 0 Å². The molecule has 0 atom stereocenters. The summed E-state index contributed by atoms with van der Waals surface area (Å²) >= 11 is 1.27. The van der Waals surface area contributed by atoms with Crippen LogP contribution in [0.25, 0.3) is 11.0 Å². The summed E-state index contributed by atoms with van der Waals surface area (Å²) in [5.41, 5.74) is 3.77. The van der Waals surface area contributed by atoms with E-state index in [0.29, 0.717) is 18.0 Å². The first-order chi connectivity index (χ1) is 14.2. The summed E-state index contributed by atoms with van der Waals surface area (Å²) in [5, 5.41) is 2.80. The second kappa shape index (κ2) is 8.70. The molecule has 2 amide bonds. The highest BCUT2D eigenvalue weighted by molar-refractivity contribution is 7.98. The summed E-state index contributed by atoms with van der Waals surface area (Å²) < 4.78 is 8.53. The largest absolute Gasteiger partial charge is 0.486 e. The van der Waals surface area contributed by atoms with Crippen LogP contribution in [0.3, 0.4) is 0 Å². The monoisotopic (exact) mass is 404 g/mol. The van der Waals surface area contributed by atoms with Gasteiger partial charge in [0.25, 0.3) is 0 Å². The van der Waals surface area contributed by atoms with Crippen molar-refractivity contribution in [2.24, 2.45) is 0 Å². The number of hydrogen-bond acceptors (Lipinski definition) is 4. The third kappa shape index (κ3) is 5.08. The third-order valence-electron chi connectivity index (χ3n) is 4.21. The lowest BCUT2D eigenvalue weighted by Crippen LogP contribution is -2.22. The van der Waals surface area contributed by atoms with Gasteiger partial charge in [0.2, 0.25) is 0 Å². The van der Waals surface area contributed by atoms with Crippen LogP contribution in [-0.2, 0) is 6.61 Å². The number of para-hydroxylation sites is 2. The van der Waals surface area contributed by atoms with Gasteiger partial charge < -0.3 is 15.0 Å². The number of amides is 2. The SMILES string of the molecule is Cc1ccc(SNC(=O)Nc2ccc(OCc3nc4ccccc4[nH]3)cc2)cc1. The highest BCUT2D eigenvalue weighted by Crippen LogP contribution is 2.19. The fourth-order valence-electron chi connectivity index (χ4n) is 2.73. The molecule has 0 aliphatic heterocycles. The third-order valence-corrected chi connectivity index (χ3v) is 5.00. The molecular weight excluding hydrogens is 384 g/mol. The maximum atomic E-state index is 12.0. The first-order valence-electron chi connectivity index (χ1n) is 9.13. The molecule has 4 aromatic rings. The van der Waals surface area contributed by atoms with Gasteiger partial charge in [0.05, 0.1) is 11.0 Å². The zero-order valence-electron chi connectivity index (χ0n) is 15.8. The Morgan fingerprint density at radius 1 is 1.03 bits per heavy atom. The van der Waals surface area contributed by atoms with E-state index in [2.05, 4.69) is 20.0 Å². The number of nitrogens with zero attached hydrogens (tertiary/aromatic N) is 1. The molecule has 3 aromatic carbocycles. The standard InChI is InChI=1S/C22H20N4O2S/c1-15-6-12-18(13-7-15)29-26-22(27)23-16-8-10-17(11-9-16)28-14-21-24-19-4-2-3-5-20(19)25-21/h2-13H,14H2,1H3,(H,24,25)(H2,23,26,27). The van der Waals surface area contributed by atoms with Crippen molar-refractivity contribution in [3.05, 3.63) is 84.2 Å². The molecular formula is C22H20N4O2S. The summed E-state index contributed by atoms with van der Waals surface area (Å²) in [7, 11) is 0. The Morgan fingerprint density at radius 2 is 1.79 bits per heavy atom. The number of imidazole rings is 1. The lowest BCUT2D eigenvalue weighted by Gasteiger charge is -2.08. The number of H-pyrrole nitrogens is 1. The number of benzene rings is 3. The van der Waals surface area contributed by atoms with Gasteiger partial charge in [-0.2, -0.15) is 0 Å². The number of rotatable bonds is 6. The van der Waals surface area contributed by atoms with Gasteiger partial charge in [0.1, 0.15) is 18.2 Å². The van der Waals surface area contributed by atoms with Gasteiger partial charge >= 0.3 is 6.03 Å². The van der Waals surface area contributed by atoms with Gasteiger partial charge in [-0.05, 0) is 67.4 Å². The van der Waals surface area contributed by atoms with Gasteiger partial charge in [-0.3, -0.25) is 4.72 Å². The van der Waals surface area contributed by atoms with Crippen LogP contribution in [0.5, 0.6) is 5.75 Å². The number of aromatic amines is 1. The number of ether oxygens (including phenoxy) is 1. The molecule has 0 saturated heterocycles. The van der Waals surface area contributed by atoms with Crippen molar-refractivity contribution in [1.82, 2.24) is 14.7 Å². The van der Waals surface area contributed by atoms with Crippen LogP contribution in [0.4, 0.5) is 10.5 Å². The molecule has 146 valence electrons. The molecule has 4 rings (SSSR count). The molecule has 0 unspecified atom stereocenters. The number of carbonyl (C=O) groups excluding carboxylic acids is 1. The number of anilines is 1. The number of aryl methyl sites for hydroxylation is 1. The smallest absolute Gasteiger partial charge is 0.329 e. The molecule has 0 bridgehead atoms. The fourth-order valence-corrected chi connectivity index (χ4v) is 3.26.